The average molecular weight is 378 g/mol. The number of nitrogens with zero attached hydrogens (tertiary/aromatic N) is 2. The van der Waals surface area contributed by atoms with Gasteiger partial charge in [-0.2, -0.15) is 0 Å². The standard InChI is InChI=1S/C20H14N2O4S/c1-25-13-6-4-5-12(9-13)16-11-27-20(22-16)21-10-15-18(23)14-7-2-3-8-17(14)26-19(15)24/h2-11,23H,1H3. The van der Waals surface area contributed by atoms with Crippen molar-refractivity contribution in [1.29, 1.82) is 0 Å². The third-order valence-corrected chi connectivity index (χ3v) is 4.73. The molecule has 0 saturated heterocycles. The first-order valence-electron chi connectivity index (χ1n) is 8.04. The SMILES string of the molecule is COc1cccc(-c2csc(N=Cc3c(O)c4ccccc4oc3=O)n2)c1. The van der Waals surface area contributed by atoms with Gasteiger partial charge in [0.25, 0.3) is 0 Å². The number of ether oxygens (including phenoxy) is 1. The third kappa shape index (κ3) is 3.32. The number of benzene rings is 2. The number of aliphatic imine (C=N–C) groups is 1. The van der Waals surface area contributed by atoms with Crippen LogP contribution in [0.15, 0.2) is 68.1 Å². The minimum Gasteiger partial charge on any atom is -0.506 e. The molecule has 0 amide bonds. The Morgan fingerprint density at radius 2 is 2.07 bits per heavy atom. The molecule has 134 valence electrons. The predicted molar refractivity (Wildman–Crippen MR) is 106 cm³/mol. The molecular weight excluding hydrogens is 364 g/mol. The molecule has 0 atom stereocenters. The van der Waals surface area contributed by atoms with Crippen LogP contribution in [-0.4, -0.2) is 23.4 Å². The first-order valence-corrected chi connectivity index (χ1v) is 8.92. The second-order valence-corrected chi connectivity index (χ2v) is 6.49. The maximum atomic E-state index is 12.1. The zero-order chi connectivity index (χ0) is 18.8. The summed E-state index contributed by atoms with van der Waals surface area (Å²) in [6.07, 6.45) is 1.28. The summed E-state index contributed by atoms with van der Waals surface area (Å²) in [5, 5.41) is 13.1. The molecule has 6 nitrogen and oxygen atoms in total. The molecular formula is C20H14N2O4S. The highest BCUT2D eigenvalue weighted by Crippen LogP contribution is 2.29. The molecule has 2 aromatic carbocycles. The van der Waals surface area contributed by atoms with Gasteiger partial charge in [-0.25, -0.2) is 14.8 Å². The molecule has 0 radical (unpaired) electrons. The summed E-state index contributed by atoms with van der Waals surface area (Å²) in [5.41, 5.74) is 1.32. The van der Waals surface area contributed by atoms with Crippen molar-refractivity contribution in [2.45, 2.75) is 0 Å². The lowest BCUT2D eigenvalue weighted by molar-refractivity contribution is 0.415. The van der Waals surface area contributed by atoms with Gasteiger partial charge in [-0.05, 0) is 24.3 Å². The molecule has 1 N–H and O–H groups in total. The van der Waals surface area contributed by atoms with Gasteiger partial charge in [0.1, 0.15) is 22.6 Å². The van der Waals surface area contributed by atoms with E-state index in [0.29, 0.717) is 16.1 Å². The fraction of sp³-hybridized carbons (Fsp3) is 0.0500. The number of hydrogen-bond acceptors (Lipinski definition) is 7. The van der Waals surface area contributed by atoms with E-state index in [1.54, 1.807) is 31.4 Å². The van der Waals surface area contributed by atoms with Crippen molar-refractivity contribution in [3.8, 4) is 22.8 Å². The molecule has 0 unspecified atom stereocenters. The van der Waals surface area contributed by atoms with Crippen molar-refractivity contribution >= 4 is 33.7 Å². The Kier molecular flexibility index (Phi) is 4.43. The fourth-order valence-corrected chi connectivity index (χ4v) is 3.29. The Labute approximate surface area is 158 Å². The first-order chi connectivity index (χ1) is 13.2. The highest BCUT2D eigenvalue weighted by molar-refractivity contribution is 7.13. The van der Waals surface area contributed by atoms with E-state index in [2.05, 4.69) is 9.98 Å². The lowest BCUT2D eigenvalue weighted by Crippen LogP contribution is -2.06. The maximum Gasteiger partial charge on any atom is 0.348 e. The van der Waals surface area contributed by atoms with Crippen LogP contribution in [0.25, 0.3) is 22.2 Å². The molecule has 0 aliphatic rings. The highest BCUT2D eigenvalue weighted by atomic mass is 32.1. The summed E-state index contributed by atoms with van der Waals surface area (Å²) >= 11 is 1.33. The van der Waals surface area contributed by atoms with Crippen LogP contribution in [0.2, 0.25) is 0 Å². The van der Waals surface area contributed by atoms with Crippen molar-refractivity contribution in [2.75, 3.05) is 7.11 Å². The van der Waals surface area contributed by atoms with E-state index in [0.717, 1.165) is 17.0 Å². The molecule has 0 bridgehead atoms. The molecule has 0 spiro atoms. The van der Waals surface area contributed by atoms with Gasteiger partial charge in [-0.3, -0.25) is 0 Å². The molecule has 0 fully saturated rings. The zero-order valence-corrected chi connectivity index (χ0v) is 15.1. The van der Waals surface area contributed by atoms with Crippen LogP contribution in [0.3, 0.4) is 0 Å². The number of hydrogen-bond donors (Lipinski definition) is 1. The molecule has 4 rings (SSSR count). The summed E-state index contributed by atoms with van der Waals surface area (Å²) in [4.78, 5) is 20.8. The lowest BCUT2D eigenvalue weighted by Gasteiger charge is -2.02. The number of para-hydroxylation sites is 1. The molecule has 0 aliphatic heterocycles. The normalized spacial score (nSPS) is 11.3. The summed E-state index contributed by atoms with van der Waals surface area (Å²) in [5.74, 6) is 0.583. The van der Waals surface area contributed by atoms with Crippen molar-refractivity contribution in [2.24, 2.45) is 4.99 Å². The molecule has 2 heterocycles. The van der Waals surface area contributed by atoms with Gasteiger partial charge in [0.2, 0.25) is 5.13 Å². The third-order valence-electron chi connectivity index (χ3n) is 3.98. The number of rotatable bonds is 4. The number of aromatic nitrogens is 1. The zero-order valence-electron chi connectivity index (χ0n) is 14.2. The smallest absolute Gasteiger partial charge is 0.348 e. The first kappa shape index (κ1) is 17.0. The van der Waals surface area contributed by atoms with E-state index in [4.69, 9.17) is 9.15 Å². The van der Waals surface area contributed by atoms with Crippen LogP contribution in [0.1, 0.15) is 5.56 Å². The van der Waals surface area contributed by atoms with Crippen molar-refractivity contribution in [3.05, 3.63) is 69.9 Å². The number of methoxy groups -OCH3 is 1. The van der Waals surface area contributed by atoms with E-state index in [9.17, 15) is 9.90 Å². The van der Waals surface area contributed by atoms with Gasteiger partial charge in [0.05, 0.1) is 18.2 Å². The quantitative estimate of drug-likeness (QED) is 0.421. The Morgan fingerprint density at radius 1 is 1.22 bits per heavy atom. The monoisotopic (exact) mass is 378 g/mol. The van der Waals surface area contributed by atoms with Gasteiger partial charge >= 0.3 is 5.63 Å². The minimum absolute atomic E-state index is 0.00756. The second kappa shape index (κ2) is 7.05. The van der Waals surface area contributed by atoms with E-state index in [-0.39, 0.29) is 11.3 Å². The topological polar surface area (TPSA) is 84.9 Å². The Bertz CT molecular complexity index is 1210. The fourth-order valence-electron chi connectivity index (χ4n) is 2.62. The number of fused-ring (bicyclic) bond motifs is 1. The van der Waals surface area contributed by atoms with Crippen molar-refractivity contribution < 1.29 is 14.3 Å². The van der Waals surface area contributed by atoms with E-state index in [1.165, 1.54) is 17.6 Å². The van der Waals surface area contributed by atoms with Crippen LogP contribution >= 0.6 is 11.3 Å². The Morgan fingerprint density at radius 3 is 2.93 bits per heavy atom. The molecule has 0 aliphatic carbocycles. The lowest BCUT2D eigenvalue weighted by atomic mass is 10.1. The summed E-state index contributed by atoms with van der Waals surface area (Å²) in [7, 11) is 1.61. The molecule has 2 aromatic heterocycles. The summed E-state index contributed by atoms with van der Waals surface area (Å²) in [6, 6.07) is 14.3. The Balaban J connectivity index is 1.67. The second-order valence-electron chi connectivity index (χ2n) is 5.65. The molecule has 27 heavy (non-hydrogen) atoms. The predicted octanol–water partition coefficient (Wildman–Crippen LogP) is 4.38. The van der Waals surface area contributed by atoms with Gasteiger partial charge in [-0.15, -0.1) is 11.3 Å². The molecule has 4 aromatic rings. The Hall–Kier alpha value is -3.45. The van der Waals surface area contributed by atoms with Crippen LogP contribution in [0.4, 0.5) is 5.13 Å². The van der Waals surface area contributed by atoms with Crippen LogP contribution in [0, 0.1) is 0 Å². The number of thiazole rings is 1. The minimum atomic E-state index is -0.653. The van der Waals surface area contributed by atoms with Gasteiger partial charge in [-0.1, -0.05) is 24.3 Å². The average Bonchev–Trinajstić information content (AvgIpc) is 3.17. The van der Waals surface area contributed by atoms with E-state index >= 15 is 0 Å². The highest BCUT2D eigenvalue weighted by Gasteiger charge is 2.12. The van der Waals surface area contributed by atoms with Gasteiger partial charge in [0.15, 0.2) is 0 Å². The van der Waals surface area contributed by atoms with E-state index < -0.39 is 5.63 Å². The van der Waals surface area contributed by atoms with Gasteiger partial charge < -0.3 is 14.3 Å². The summed E-state index contributed by atoms with van der Waals surface area (Å²) < 4.78 is 10.4. The van der Waals surface area contributed by atoms with E-state index in [1.807, 2.05) is 29.6 Å². The molecule has 7 heteroatoms. The van der Waals surface area contributed by atoms with Crippen LogP contribution in [0.5, 0.6) is 11.5 Å². The number of aromatic hydroxyl groups is 1. The largest absolute Gasteiger partial charge is 0.506 e. The molecule has 0 saturated carbocycles. The van der Waals surface area contributed by atoms with Crippen molar-refractivity contribution in [1.82, 2.24) is 4.98 Å². The van der Waals surface area contributed by atoms with Crippen LogP contribution in [-0.2, 0) is 0 Å². The van der Waals surface area contributed by atoms with Gasteiger partial charge in [0, 0.05) is 17.2 Å². The summed E-state index contributed by atoms with van der Waals surface area (Å²) in [6.45, 7) is 0. The van der Waals surface area contributed by atoms with Crippen LogP contribution < -0.4 is 10.4 Å². The maximum absolute atomic E-state index is 12.1. The van der Waals surface area contributed by atoms with Crippen molar-refractivity contribution in [3.63, 3.8) is 0 Å².